The number of rotatable bonds is 4. The molecule has 0 spiro atoms. The first-order chi connectivity index (χ1) is 9.97. The van der Waals surface area contributed by atoms with E-state index in [0.29, 0.717) is 19.2 Å². The maximum absolute atomic E-state index is 13.5. The number of carbonyl (C=O) groups is 1. The van der Waals surface area contributed by atoms with Gasteiger partial charge in [-0.15, -0.1) is 0 Å². The van der Waals surface area contributed by atoms with E-state index >= 15 is 0 Å². The van der Waals surface area contributed by atoms with Gasteiger partial charge in [-0.25, -0.2) is 13.2 Å². The van der Waals surface area contributed by atoms with E-state index in [1.165, 1.54) is 0 Å². The van der Waals surface area contributed by atoms with Gasteiger partial charge in [-0.05, 0) is 18.1 Å². The second-order valence-corrected chi connectivity index (χ2v) is 5.16. The Morgan fingerprint density at radius 3 is 2.48 bits per heavy atom. The summed E-state index contributed by atoms with van der Waals surface area (Å²) in [5, 5.41) is 3.13. The molecule has 0 saturated carbocycles. The third-order valence-electron chi connectivity index (χ3n) is 3.48. The first kappa shape index (κ1) is 15.8. The molecule has 1 aliphatic heterocycles. The molecule has 21 heavy (non-hydrogen) atoms. The molecule has 2 rings (SSSR count). The topological polar surface area (TPSA) is 58.4 Å². The third kappa shape index (κ3) is 4.18. The molecule has 0 radical (unpaired) electrons. The standard InChI is InChI=1S/C14H18F3N3O/c15-11-8-13(17)12(16)6-9(11)5-10(18)7-14(21)20-3-1-19-2-4-20/h6,8,10,19H,1-5,7,18H2/t10-/m1/s1. The van der Waals surface area contributed by atoms with Crippen molar-refractivity contribution >= 4 is 5.91 Å². The average molecular weight is 301 g/mol. The van der Waals surface area contributed by atoms with Crippen LogP contribution in [0.1, 0.15) is 12.0 Å². The zero-order chi connectivity index (χ0) is 15.4. The van der Waals surface area contributed by atoms with Crippen LogP contribution in [0.2, 0.25) is 0 Å². The summed E-state index contributed by atoms with van der Waals surface area (Å²) in [5.41, 5.74) is 5.81. The third-order valence-corrected chi connectivity index (χ3v) is 3.48. The Morgan fingerprint density at radius 1 is 1.19 bits per heavy atom. The number of carbonyl (C=O) groups excluding carboxylic acids is 1. The Morgan fingerprint density at radius 2 is 1.81 bits per heavy atom. The monoisotopic (exact) mass is 301 g/mol. The highest BCUT2D eigenvalue weighted by molar-refractivity contribution is 5.77. The van der Waals surface area contributed by atoms with Crippen molar-refractivity contribution in [2.45, 2.75) is 18.9 Å². The fourth-order valence-electron chi connectivity index (χ4n) is 2.34. The number of hydrogen-bond acceptors (Lipinski definition) is 3. The summed E-state index contributed by atoms with van der Waals surface area (Å²) in [4.78, 5) is 13.7. The molecule has 3 N–H and O–H groups in total. The molecule has 0 unspecified atom stereocenters. The van der Waals surface area contributed by atoms with Gasteiger partial charge in [0.2, 0.25) is 5.91 Å². The number of halogens is 3. The largest absolute Gasteiger partial charge is 0.340 e. The van der Waals surface area contributed by atoms with Crippen LogP contribution in [0.4, 0.5) is 13.2 Å². The van der Waals surface area contributed by atoms with Gasteiger partial charge in [-0.3, -0.25) is 4.79 Å². The fraction of sp³-hybridized carbons (Fsp3) is 0.500. The van der Waals surface area contributed by atoms with Crippen molar-refractivity contribution in [3.63, 3.8) is 0 Å². The molecule has 116 valence electrons. The van der Waals surface area contributed by atoms with Crippen LogP contribution < -0.4 is 11.1 Å². The number of amides is 1. The number of piperazine rings is 1. The van der Waals surface area contributed by atoms with E-state index < -0.39 is 23.5 Å². The lowest BCUT2D eigenvalue weighted by Gasteiger charge is -2.28. The van der Waals surface area contributed by atoms with Crippen molar-refractivity contribution in [1.29, 1.82) is 0 Å². The van der Waals surface area contributed by atoms with E-state index in [1.807, 2.05) is 0 Å². The van der Waals surface area contributed by atoms with Crippen LogP contribution in [0.5, 0.6) is 0 Å². The molecule has 0 aliphatic carbocycles. The van der Waals surface area contributed by atoms with E-state index in [9.17, 15) is 18.0 Å². The van der Waals surface area contributed by atoms with Gasteiger partial charge in [0.15, 0.2) is 11.6 Å². The highest BCUT2D eigenvalue weighted by Crippen LogP contribution is 2.16. The molecule has 1 aliphatic rings. The van der Waals surface area contributed by atoms with Gasteiger partial charge in [-0.1, -0.05) is 0 Å². The molecule has 7 heteroatoms. The molecule has 4 nitrogen and oxygen atoms in total. The molecule has 1 saturated heterocycles. The first-order valence-electron chi connectivity index (χ1n) is 6.85. The summed E-state index contributed by atoms with van der Waals surface area (Å²) in [5.74, 6) is -3.31. The molecule has 1 heterocycles. The minimum atomic E-state index is -1.23. The summed E-state index contributed by atoms with van der Waals surface area (Å²) >= 11 is 0. The fourth-order valence-corrected chi connectivity index (χ4v) is 2.34. The summed E-state index contributed by atoms with van der Waals surface area (Å²) < 4.78 is 39.5. The normalized spacial score (nSPS) is 16.9. The van der Waals surface area contributed by atoms with Crippen molar-refractivity contribution in [3.05, 3.63) is 35.1 Å². The van der Waals surface area contributed by atoms with E-state index in [0.717, 1.165) is 19.2 Å². The molecule has 0 aromatic heterocycles. The van der Waals surface area contributed by atoms with Gasteiger partial charge in [0, 0.05) is 44.7 Å². The second-order valence-electron chi connectivity index (χ2n) is 5.16. The van der Waals surface area contributed by atoms with Crippen LogP contribution in [-0.4, -0.2) is 43.0 Å². The quantitative estimate of drug-likeness (QED) is 0.809. The Balaban J connectivity index is 1.93. The summed E-state index contributed by atoms with van der Waals surface area (Å²) in [7, 11) is 0. The maximum atomic E-state index is 13.5. The highest BCUT2D eigenvalue weighted by Gasteiger charge is 2.20. The van der Waals surface area contributed by atoms with Gasteiger partial charge in [-0.2, -0.15) is 0 Å². The Labute approximate surface area is 121 Å². The van der Waals surface area contributed by atoms with Gasteiger partial charge in [0.05, 0.1) is 0 Å². The molecule has 0 bridgehead atoms. The van der Waals surface area contributed by atoms with E-state index in [4.69, 9.17) is 5.73 Å². The number of nitrogens with two attached hydrogens (primary N) is 1. The Bertz CT molecular complexity index is 518. The number of hydrogen-bond donors (Lipinski definition) is 2. The van der Waals surface area contributed by atoms with Crippen LogP contribution in [0.25, 0.3) is 0 Å². The molecule has 1 atom stereocenters. The zero-order valence-corrected chi connectivity index (χ0v) is 11.5. The predicted octanol–water partition coefficient (Wildman–Crippen LogP) is 0.796. The molecule has 1 aromatic rings. The van der Waals surface area contributed by atoms with Crippen LogP contribution in [0.15, 0.2) is 12.1 Å². The van der Waals surface area contributed by atoms with Crippen LogP contribution in [0, 0.1) is 17.5 Å². The van der Waals surface area contributed by atoms with Crippen molar-refractivity contribution in [2.75, 3.05) is 26.2 Å². The van der Waals surface area contributed by atoms with E-state index in [1.54, 1.807) is 4.90 Å². The Kier molecular flexibility index (Phi) is 5.19. The SMILES string of the molecule is N[C@@H](CC(=O)N1CCNCC1)Cc1cc(F)c(F)cc1F. The molecular weight excluding hydrogens is 283 g/mol. The second kappa shape index (κ2) is 6.91. The van der Waals surface area contributed by atoms with Crippen molar-refractivity contribution in [2.24, 2.45) is 5.73 Å². The van der Waals surface area contributed by atoms with E-state index in [2.05, 4.69) is 5.32 Å². The van der Waals surface area contributed by atoms with Crippen molar-refractivity contribution < 1.29 is 18.0 Å². The molecule has 1 amide bonds. The molecular formula is C14H18F3N3O. The Hall–Kier alpha value is -1.60. The lowest BCUT2D eigenvalue weighted by atomic mass is 10.0. The molecule has 1 aromatic carbocycles. The highest BCUT2D eigenvalue weighted by atomic mass is 19.2. The zero-order valence-electron chi connectivity index (χ0n) is 11.5. The lowest BCUT2D eigenvalue weighted by Crippen LogP contribution is -2.47. The summed E-state index contributed by atoms with van der Waals surface area (Å²) in [6, 6.07) is 0.654. The van der Waals surface area contributed by atoms with Crippen LogP contribution in [-0.2, 0) is 11.2 Å². The minimum Gasteiger partial charge on any atom is -0.340 e. The number of benzene rings is 1. The first-order valence-corrected chi connectivity index (χ1v) is 6.85. The van der Waals surface area contributed by atoms with Gasteiger partial charge < -0.3 is 16.0 Å². The summed E-state index contributed by atoms with van der Waals surface area (Å²) in [6.45, 7) is 2.70. The number of nitrogens with one attached hydrogen (secondary N) is 1. The van der Waals surface area contributed by atoms with Crippen molar-refractivity contribution in [3.8, 4) is 0 Å². The average Bonchev–Trinajstić information content (AvgIpc) is 2.45. The number of nitrogens with zero attached hydrogens (tertiary/aromatic N) is 1. The molecule has 1 fully saturated rings. The van der Waals surface area contributed by atoms with Crippen LogP contribution >= 0.6 is 0 Å². The maximum Gasteiger partial charge on any atom is 0.224 e. The summed E-state index contributed by atoms with van der Waals surface area (Å²) in [6.07, 6.45) is 0.0410. The smallest absolute Gasteiger partial charge is 0.224 e. The van der Waals surface area contributed by atoms with Gasteiger partial charge in [0.1, 0.15) is 5.82 Å². The van der Waals surface area contributed by atoms with Crippen LogP contribution in [0.3, 0.4) is 0 Å². The van der Waals surface area contributed by atoms with Gasteiger partial charge in [0.25, 0.3) is 0 Å². The van der Waals surface area contributed by atoms with Gasteiger partial charge >= 0.3 is 0 Å². The lowest BCUT2D eigenvalue weighted by molar-refractivity contribution is -0.132. The van der Waals surface area contributed by atoms with E-state index in [-0.39, 0.29) is 24.3 Å². The van der Waals surface area contributed by atoms with Crippen molar-refractivity contribution in [1.82, 2.24) is 10.2 Å². The predicted molar refractivity (Wildman–Crippen MR) is 72.1 cm³/mol. The minimum absolute atomic E-state index is 0.0130.